The van der Waals surface area contributed by atoms with Gasteiger partial charge in [0.1, 0.15) is 0 Å². The first-order chi connectivity index (χ1) is 15.8. The molecule has 0 bridgehead atoms. The lowest BCUT2D eigenvalue weighted by Gasteiger charge is -2.21. The Morgan fingerprint density at radius 1 is 1.12 bits per heavy atom. The van der Waals surface area contributed by atoms with Gasteiger partial charge in [-0.15, -0.1) is 0 Å². The summed E-state index contributed by atoms with van der Waals surface area (Å²) >= 11 is 5.89. The van der Waals surface area contributed by atoms with Gasteiger partial charge >= 0.3 is 0 Å². The molecule has 7 nitrogen and oxygen atoms in total. The number of ether oxygens (including phenoxy) is 1. The lowest BCUT2D eigenvalue weighted by Crippen LogP contribution is -2.38. The summed E-state index contributed by atoms with van der Waals surface area (Å²) < 4.78 is 33.7. The van der Waals surface area contributed by atoms with Gasteiger partial charge < -0.3 is 9.64 Å². The first kappa shape index (κ1) is 24.7. The molecule has 1 N–H and O–H groups in total. The number of likely N-dealkylation sites (N-methyl/N-ethyl adjacent to an activating group) is 1. The fourth-order valence-corrected chi connectivity index (χ4v) is 4.86. The number of halogens is 1. The molecule has 0 aliphatic heterocycles. The van der Waals surface area contributed by atoms with Crippen LogP contribution in [0.5, 0.6) is 5.88 Å². The molecule has 174 valence electrons. The highest BCUT2D eigenvalue weighted by molar-refractivity contribution is 7.89. The van der Waals surface area contributed by atoms with Crippen LogP contribution in [0.1, 0.15) is 22.8 Å². The fourth-order valence-electron chi connectivity index (χ4n) is 3.45. The maximum atomic E-state index is 13.0. The number of aromatic nitrogens is 1. The van der Waals surface area contributed by atoms with E-state index in [1.165, 1.54) is 7.11 Å². The first-order valence-electron chi connectivity index (χ1n) is 10.4. The molecular weight excluding hydrogens is 462 g/mol. The predicted octanol–water partition coefficient (Wildman–Crippen LogP) is 4.16. The van der Waals surface area contributed by atoms with Crippen LogP contribution < -0.4 is 9.46 Å². The van der Waals surface area contributed by atoms with Crippen LogP contribution in [0.15, 0.2) is 65.7 Å². The van der Waals surface area contributed by atoms with Gasteiger partial charge in [0.2, 0.25) is 15.9 Å². The molecular formula is C24H26ClN3O4S. The molecule has 3 aromatic rings. The number of rotatable bonds is 9. The molecule has 0 fully saturated rings. The fraction of sp³-hybridized carbons (Fsp3) is 0.250. The Hall–Kier alpha value is -2.94. The molecule has 0 aliphatic carbocycles. The molecule has 3 rings (SSSR count). The third-order valence-electron chi connectivity index (χ3n) is 5.26. The van der Waals surface area contributed by atoms with Gasteiger partial charge in [0.15, 0.2) is 0 Å². The summed E-state index contributed by atoms with van der Waals surface area (Å²) in [5.41, 5.74) is 2.67. The van der Waals surface area contributed by atoms with Gasteiger partial charge in [-0.1, -0.05) is 23.7 Å². The van der Waals surface area contributed by atoms with Crippen molar-refractivity contribution in [2.45, 2.75) is 18.7 Å². The predicted molar refractivity (Wildman–Crippen MR) is 129 cm³/mol. The number of pyridine rings is 1. The molecule has 1 amide bonds. The zero-order valence-electron chi connectivity index (χ0n) is 18.7. The van der Waals surface area contributed by atoms with E-state index in [1.807, 2.05) is 19.1 Å². The van der Waals surface area contributed by atoms with E-state index >= 15 is 0 Å². The van der Waals surface area contributed by atoms with Crippen molar-refractivity contribution in [1.82, 2.24) is 14.6 Å². The lowest BCUT2D eigenvalue weighted by molar-refractivity contribution is 0.0767. The number of benzene rings is 2. The number of carbonyl (C=O) groups is 1. The summed E-state index contributed by atoms with van der Waals surface area (Å²) in [6, 6.07) is 15.3. The molecule has 0 saturated heterocycles. The highest BCUT2D eigenvalue weighted by Gasteiger charge is 2.20. The van der Waals surface area contributed by atoms with E-state index in [1.54, 1.807) is 60.5 Å². The van der Waals surface area contributed by atoms with Crippen molar-refractivity contribution in [3.63, 3.8) is 0 Å². The third kappa shape index (κ3) is 5.90. The van der Waals surface area contributed by atoms with E-state index in [2.05, 4.69) is 9.71 Å². The Morgan fingerprint density at radius 3 is 2.45 bits per heavy atom. The average molecular weight is 488 g/mol. The van der Waals surface area contributed by atoms with E-state index in [0.29, 0.717) is 28.6 Å². The van der Waals surface area contributed by atoms with Crippen molar-refractivity contribution in [2.24, 2.45) is 0 Å². The van der Waals surface area contributed by atoms with E-state index in [9.17, 15) is 13.2 Å². The monoisotopic (exact) mass is 487 g/mol. The van der Waals surface area contributed by atoms with Crippen molar-refractivity contribution in [3.05, 3.63) is 76.9 Å². The summed E-state index contributed by atoms with van der Waals surface area (Å²) in [5.74, 6) is 0.300. The second-order valence-corrected chi connectivity index (χ2v) is 9.48. The van der Waals surface area contributed by atoms with Crippen LogP contribution in [-0.2, 0) is 10.0 Å². The molecule has 0 saturated carbocycles. The minimum atomic E-state index is -3.78. The van der Waals surface area contributed by atoms with E-state index in [4.69, 9.17) is 16.3 Å². The maximum absolute atomic E-state index is 13.0. The summed E-state index contributed by atoms with van der Waals surface area (Å²) in [6.45, 7) is 4.37. The number of methoxy groups -OCH3 is 1. The SMILES string of the molecule is CCN(CCNS(=O)(=O)c1cccc(-c2ccc(OC)nc2)c1C)C(=O)c1ccc(Cl)cc1. The van der Waals surface area contributed by atoms with Crippen LogP contribution in [0.3, 0.4) is 0 Å². The van der Waals surface area contributed by atoms with Gasteiger partial charge in [0.05, 0.1) is 12.0 Å². The van der Waals surface area contributed by atoms with Crippen molar-refractivity contribution >= 4 is 27.5 Å². The summed E-state index contributed by atoms with van der Waals surface area (Å²) in [4.78, 5) is 18.7. The standard InChI is InChI=1S/C24H26ClN3O4S/c1-4-28(24(29)18-8-11-20(25)12-9-18)15-14-27-33(30,31)22-7-5-6-21(17(22)2)19-10-13-23(32-3)26-16-19/h5-13,16,27H,4,14-15H2,1-3H3. The quantitative estimate of drug-likeness (QED) is 0.489. The molecule has 33 heavy (non-hydrogen) atoms. The molecule has 0 unspecified atom stereocenters. The Labute approximate surface area is 199 Å². The number of hydrogen-bond donors (Lipinski definition) is 1. The van der Waals surface area contributed by atoms with Gasteiger partial charge in [-0.3, -0.25) is 4.79 Å². The van der Waals surface area contributed by atoms with Crippen LogP contribution in [-0.4, -0.2) is 51.0 Å². The van der Waals surface area contributed by atoms with E-state index in [0.717, 1.165) is 11.1 Å². The zero-order chi connectivity index (χ0) is 24.0. The van der Waals surface area contributed by atoms with Crippen LogP contribution in [0.4, 0.5) is 0 Å². The second kappa shape index (κ2) is 10.8. The van der Waals surface area contributed by atoms with Gasteiger partial charge in [-0.2, -0.15) is 0 Å². The van der Waals surface area contributed by atoms with Gasteiger partial charge in [-0.25, -0.2) is 18.1 Å². The molecule has 0 aliphatic rings. The van der Waals surface area contributed by atoms with E-state index < -0.39 is 10.0 Å². The summed E-state index contributed by atoms with van der Waals surface area (Å²) in [5, 5.41) is 0.547. The van der Waals surface area contributed by atoms with Crippen molar-refractivity contribution in [1.29, 1.82) is 0 Å². The molecule has 1 aromatic heterocycles. The topological polar surface area (TPSA) is 88.6 Å². The Morgan fingerprint density at radius 2 is 1.85 bits per heavy atom. The Kier molecular flexibility index (Phi) is 8.07. The smallest absolute Gasteiger partial charge is 0.253 e. The van der Waals surface area contributed by atoms with Gasteiger partial charge in [0, 0.05) is 48.0 Å². The normalized spacial score (nSPS) is 11.3. The summed E-state index contributed by atoms with van der Waals surface area (Å²) in [7, 11) is -2.25. The molecule has 1 heterocycles. The van der Waals surface area contributed by atoms with Crippen LogP contribution in [0.25, 0.3) is 11.1 Å². The van der Waals surface area contributed by atoms with Crippen molar-refractivity contribution in [2.75, 3.05) is 26.7 Å². The largest absolute Gasteiger partial charge is 0.481 e. The molecule has 0 spiro atoms. The van der Waals surface area contributed by atoms with Crippen molar-refractivity contribution in [3.8, 4) is 17.0 Å². The average Bonchev–Trinajstić information content (AvgIpc) is 2.82. The number of nitrogens with zero attached hydrogens (tertiary/aromatic N) is 2. The first-order valence-corrected chi connectivity index (χ1v) is 12.3. The maximum Gasteiger partial charge on any atom is 0.253 e. The number of amides is 1. The van der Waals surface area contributed by atoms with Crippen LogP contribution in [0.2, 0.25) is 5.02 Å². The highest BCUT2D eigenvalue weighted by Crippen LogP contribution is 2.28. The van der Waals surface area contributed by atoms with Crippen LogP contribution >= 0.6 is 11.6 Å². The number of carbonyl (C=O) groups excluding carboxylic acids is 1. The minimum absolute atomic E-state index is 0.0866. The van der Waals surface area contributed by atoms with E-state index in [-0.39, 0.29) is 23.9 Å². The molecule has 0 radical (unpaired) electrons. The zero-order valence-corrected chi connectivity index (χ0v) is 20.3. The Balaban J connectivity index is 1.72. The summed E-state index contributed by atoms with van der Waals surface area (Å²) in [6.07, 6.45) is 1.65. The number of nitrogens with one attached hydrogen (secondary N) is 1. The lowest BCUT2D eigenvalue weighted by atomic mass is 10.0. The second-order valence-electron chi connectivity index (χ2n) is 7.31. The van der Waals surface area contributed by atoms with Gasteiger partial charge in [0.25, 0.3) is 5.91 Å². The van der Waals surface area contributed by atoms with Crippen LogP contribution in [0, 0.1) is 6.92 Å². The minimum Gasteiger partial charge on any atom is -0.481 e. The van der Waals surface area contributed by atoms with Gasteiger partial charge in [-0.05, 0) is 61.4 Å². The molecule has 2 aromatic carbocycles. The van der Waals surface area contributed by atoms with Crippen molar-refractivity contribution < 1.29 is 17.9 Å². The number of hydrogen-bond acceptors (Lipinski definition) is 5. The number of sulfonamides is 1. The highest BCUT2D eigenvalue weighted by atomic mass is 35.5. The molecule has 0 atom stereocenters. The Bertz CT molecular complexity index is 1210. The third-order valence-corrected chi connectivity index (χ3v) is 7.12. The molecule has 9 heteroatoms.